The number of nitrogens with one attached hydrogen (secondary N) is 1. The quantitative estimate of drug-likeness (QED) is 0.614. The summed E-state index contributed by atoms with van der Waals surface area (Å²) in [7, 11) is -4.04. The van der Waals surface area contributed by atoms with Crippen molar-refractivity contribution < 1.29 is 22.0 Å². The van der Waals surface area contributed by atoms with E-state index in [0.717, 1.165) is 22.0 Å². The van der Waals surface area contributed by atoms with E-state index in [1.54, 1.807) is 42.5 Å². The Labute approximate surface area is 174 Å². The van der Waals surface area contributed by atoms with E-state index in [2.05, 4.69) is 5.32 Å². The van der Waals surface area contributed by atoms with Crippen LogP contribution >= 0.6 is 0 Å². The summed E-state index contributed by atoms with van der Waals surface area (Å²) < 4.78 is 55.0. The lowest BCUT2D eigenvalue weighted by atomic mass is 10.2. The summed E-state index contributed by atoms with van der Waals surface area (Å²) in [4.78, 5) is 12.5. The van der Waals surface area contributed by atoms with Crippen LogP contribution in [0.3, 0.4) is 0 Å². The first-order chi connectivity index (χ1) is 14.3. The molecule has 0 heterocycles. The van der Waals surface area contributed by atoms with Gasteiger partial charge in [0.15, 0.2) is 0 Å². The van der Waals surface area contributed by atoms with E-state index < -0.39 is 39.8 Å². The lowest BCUT2D eigenvalue weighted by Gasteiger charge is -2.22. The van der Waals surface area contributed by atoms with Crippen LogP contribution in [0.4, 0.5) is 14.5 Å². The molecular weight excluding hydrogens is 410 g/mol. The van der Waals surface area contributed by atoms with Crippen molar-refractivity contribution in [2.75, 3.05) is 11.9 Å². The topological polar surface area (TPSA) is 66.5 Å². The summed E-state index contributed by atoms with van der Waals surface area (Å²) in [5.41, 5.74) is 0.935. The minimum atomic E-state index is -4.04. The van der Waals surface area contributed by atoms with Crippen LogP contribution < -0.4 is 5.32 Å². The molecule has 0 aliphatic heterocycles. The van der Waals surface area contributed by atoms with Crippen molar-refractivity contribution >= 4 is 21.6 Å². The Bertz CT molecular complexity index is 1110. The smallest absolute Gasteiger partial charge is 0.243 e. The van der Waals surface area contributed by atoms with E-state index in [9.17, 15) is 22.0 Å². The highest BCUT2D eigenvalue weighted by molar-refractivity contribution is 7.89. The highest BCUT2D eigenvalue weighted by atomic mass is 32.2. The third-order valence-electron chi connectivity index (χ3n) is 4.41. The van der Waals surface area contributed by atoms with Crippen molar-refractivity contribution in [3.8, 4) is 0 Å². The number of rotatable bonds is 7. The zero-order valence-corrected chi connectivity index (χ0v) is 17.0. The number of halogens is 2. The molecule has 0 saturated heterocycles. The first-order valence-corrected chi connectivity index (χ1v) is 10.6. The van der Waals surface area contributed by atoms with Crippen LogP contribution in [0.15, 0.2) is 77.7 Å². The molecule has 1 amide bonds. The van der Waals surface area contributed by atoms with Crippen LogP contribution in [0.1, 0.15) is 11.1 Å². The summed E-state index contributed by atoms with van der Waals surface area (Å²) in [5, 5.41) is 2.13. The van der Waals surface area contributed by atoms with E-state index in [1.807, 2.05) is 6.92 Å². The van der Waals surface area contributed by atoms with Crippen molar-refractivity contribution in [1.82, 2.24) is 4.31 Å². The van der Waals surface area contributed by atoms with Gasteiger partial charge in [-0.2, -0.15) is 4.31 Å². The summed E-state index contributed by atoms with van der Waals surface area (Å²) in [6, 6.07) is 18.1. The normalized spacial score (nSPS) is 11.5. The predicted octanol–water partition coefficient (Wildman–Crippen LogP) is 4.10. The van der Waals surface area contributed by atoms with Gasteiger partial charge in [0.25, 0.3) is 0 Å². The molecule has 3 aromatic rings. The van der Waals surface area contributed by atoms with Gasteiger partial charge < -0.3 is 5.32 Å². The number of hydrogen-bond acceptors (Lipinski definition) is 3. The maximum atomic E-state index is 13.8. The molecule has 156 valence electrons. The van der Waals surface area contributed by atoms with Gasteiger partial charge in [-0.1, -0.05) is 54.1 Å². The van der Waals surface area contributed by atoms with Gasteiger partial charge in [0, 0.05) is 6.54 Å². The van der Waals surface area contributed by atoms with Gasteiger partial charge in [0.1, 0.15) is 17.3 Å². The van der Waals surface area contributed by atoms with E-state index in [4.69, 9.17) is 0 Å². The Hall–Kier alpha value is -3.10. The third kappa shape index (κ3) is 5.08. The zero-order chi connectivity index (χ0) is 21.7. The SMILES string of the molecule is Cc1ccc(S(=O)(=O)N(CC(=O)Nc2c(F)cccc2F)Cc2ccccc2)cc1. The minimum Gasteiger partial charge on any atom is -0.320 e. The lowest BCUT2D eigenvalue weighted by Crippen LogP contribution is -2.37. The van der Waals surface area contributed by atoms with E-state index >= 15 is 0 Å². The van der Waals surface area contributed by atoms with Gasteiger partial charge in [0.2, 0.25) is 15.9 Å². The standard InChI is InChI=1S/C22H20F2N2O3S/c1-16-10-12-18(13-11-16)30(28,29)26(14-17-6-3-2-4-7-17)15-21(27)25-22-19(23)8-5-9-20(22)24/h2-13H,14-15H2,1H3,(H,25,27). The van der Waals surface area contributed by atoms with Crippen molar-refractivity contribution in [3.05, 3.63) is 95.6 Å². The van der Waals surface area contributed by atoms with Gasteiger partial charge in [-0.15, -0.1) is 0 Å². The number of carbonyl (C=O) groups excluding carboxylic acids is 1. The number of anilines is 1. The molecule has 0 aliphatic carbocycles. The molecule has 30 heavy (non-hydrogen) atoms. The van der Waals surface area contributed by atoms with Crippen LogP contribution in [0.2, 0.25) is 0 Å². The van der Waals surface area contributed by atoms with E-state index in [0.29, 0.717) is 5.56 Å². The summed E-state index contributed by atoms with van der Waals surface area (Å²) in [6.45, 7) is 1.14. The molecule has 8 heteroatoms. The molecule has 0 aliphatic rings. The zero-order valence-electron chi connectivity index (χ0n) is 16.2. The molecule has 1 N–H and O–H groups in total. The van der Waals surface area contributed by atoms with Gasteiger partial charge in [-0.25, -0.2) is 17.2 Å². The number of benzene rings is 3. The van der Waals surface area contributed by atoms with Crippen molar-refractivity contribution in [1.29, 1.82) is 0 Å². The summed E-state index contributed by atoms with van der Waals surface area (Å²) in [6.07, 6.45) is 0. The number of aryl methyl sites for hydroxylation is 1. The number of sulfonamides is 1. The second-order valence-corrected chi connectivity index (χ2v) is 8.65. The molecule has 0 saturated carbocycles. The largest absolute Gasteiger partial charge is 0.320 e. The summed E-state index contributed by atoms with van der Waals surface area (Å²) >= 11 is 0. The van der Waals surface area contributed by atoms with Gasteiger partial charge in [-0.3, -0.25) is 4.79 Å². The highest BCUT2D eigenvalue weighted by Crippen LogP contribution is 2.21. The molecule has 0 radical (unpaired) electrons. The molecule has 0 fully saturated rings. The van der Waals surface area contributed by atoms with E-state index in [1.165, 1.54) is 18.2 Å². The van der Waals surface area contributed by atoms with Crippen LogP contribution in [0.25, 0.3) is 0 Å². The number of para-hydroxylation sites is 1. The molecule has 5 nitrogen and oxygen atoms in total. The molecule has 3 aromatic carbocycles. The van der Waals surface area contributed by atoms with E-state index in [-0.39, 0.29) is 11.4 Å². The third-order valence-corrected chi connectivity index (χ3v) is 6.21. The van der Waals surface area contributed by atoms with Crippen LogP contribution in [-0.4, -0.2) is 25.2 Å². The number of amides is 1. The van der Waals surface area contributed by atoms with Crippen molar-refractivity contribution in [2.45, 2.75) is 18.4 Å². The predicted molar refractivity (Wildman–Crippen MR) is 110 cm³/mol. The fourth-order valence-electron chi connectivity index (χ4n) is 2.83. The molecular formula is C22H20F2N2O3S. The fourth-order valence-corrected chi connectivity index (χ4v) is 4.21. The first-order valence-electron chi connectivity index (χ1n) is 9.12. The maximum absolute atomic E-state index is 13.8. The Morgan fingerprint density at radius 3 is 2.10 bits per heavy atom. The number of hydrogen-bond donors (Lipinski definition) is 1. The molecule has 0 atom stereocenters. The Morgan fingerprint density at radius 1 is 0.900 bits per heavy atom. The molecule has 0 bridgehead atoms. The second-order valence-electron chi connectivity index (χ2n) is 6.72. The average molecular weight is 430 g/mol. The molecule has 0 unspecified atom stereocenters. The minimum absolute atomic E-state index is 0.0221. The molecule has 0 aromatic heterocycles. The van der Waals surface area contributed by atoms with Crippen LogP contribution in [-0.2, 0) is 21.4 Å². The second kappa shape index (κ2) is 9.15. The monoisotopic (exact) mass is 430 g/mol. The number of nitrogens with zero attached hydrogens (tertiary/aromatic N) is 1. The van der Waals surface area contributed by atoms with Crippen molar-refractivity contribution in [2.24, 2.45) is 0 Å². The van der Waals surface area contributed by atoms with Crippen LogP contribution in [0.5, 0.6) is 0 Å². The lowest BCUT2D eigenvalue weighted by molar-refractivity contribution is -0.116. The molecule has 0 spiro atoms. The van der Waals surface area contributed by atoms with Crippen LogP contribution in [0, 0.1) is 18.6 Å². The van der Waals surface area contributed by atoms with Gasteiger partial charge >= 0.3 is 0 Å². The Kier molecular flexibility index (Phi) is 6.59. The van der Waals surface area contributed by atoms with Crippen molar-refractivity contribution in [3.63, 3.8) is 0 Å². The summed E-state index contributed by atoms with van der Waals surface area (Å²) in [5.74, 6) is -2.75. The highest BCUT2D eigenvalue weighted by Gasteiger charge is 2.27. The molecule has 3 rings (SSSR count). The number of carbonyl (C=O) groups is 1. The average Bonchev–Trinajstić information content (AvgIpc) is 2.71. The Morgan fingerprint density at radius 2 is 1.50 bits per heavy atom. The maximum Gasteiger partial charge on any atom is 0.243 e. The van der Waals surface area contributed by atoms with Gasteiger partial charge in [-0.05, 0) is 36.8 Å². The Balaban J connectivity index is 1.89. The fraction of sp³-hybridized carbons (Fsp3) is 0.136. The van der Waals surface area contributed by atoms with Gasteiger partial charge in [0.05, 0.1) is 11.4 Å². The first kappa shape index (κ1) is 21.6.